The molecule has 1 amide bonds. The Balaban J connectivity index is 0.00000300. The first-order valence-electron chi connectivity index (χ1n) is 10.5. The smallest absolute Gasteiger partial charge is 0.219 e. The Labute approximate surface area is 191 Å². The molecule has 0 aromatic carbocycles. The predicted molar refractivity (Wildman–Crippen MR) is 127 cm³/mol. The number of fused-ring (bicyclic) bond motifs is 1. The van der Waals surface area contributed by atoms with Crippen LogP contribution in [0.25, 0.3) is 0 Å². The summed E-state index contributed by atoms with van der Waals surface area (Å²) in [6.45, 7) is 11.3. The van der Waals surface area contributed by atoms with Gasteiger partial charge in [0.25, 0.3) is 0 Å². The molecular formula is C20H36IN7O. The molecule has 1 aliphatic heterocycles. The Morgan fingerprint density at radius 3 is 2.66 bits per heavy atom. The molecule has 164 valence electrons. The zero-order valence-electron chi connectivity index (χ0n) is 18.1. The van der Waals surface area contributed by atoms with Crippen LogP contribution >= 0.6 is 24.0 Å². The van der Waals surface area contributed by atoms with Crippen LogP contribution in [0.4, 0.5) is 0 Å². The van der Waals surface area contributed by atoms with E-state index in [-0.39, 0.29) is 29.9 Å². The largest absolute Gasteiger partial charge is 0.355 e. The van der Waals surface area contributed by atoms with E-state index in [1.807, 2.05) is 11.9 Å². The molecule has 9 heteroatoms. The first kappa shape index (κ1) is 23.9. The number of aryl methyl sites for hydroxylation is 1. The van der Waals surface area contributed by atoms with Crippen LogP contribution in [0.5, 0.6) is 0 Å². The summed E-state index contributed by atoms with van der Waals surface area (Å²) in [5.74, 6) is 1.04. The van der Waals surface area contributed by atoms with Gasteiger partial charge in [0.2, 0.25) is 5.91 Å². The highest BCUT2D eigenvalue weighted by atomic mass is 127. The normalized spacial score (nSPS) is 20.2. The SMILES string of the molecule is CN=C(NCCN1CCN(C(C)=O)CC1)NC1CCc2cn(C(C)C)nc2C1.I. The molecule has 1 unspecified atom stereocenters. The van der Waals surface area contributed by atoms with Crippen LogP contribution in [0.1, 0.15) is 44.5 Å². The molecule has 3 rings (SSSR count). The van der Waals surface area contributed by atoms with Gasteiger partial charge < -0.3 is 15.5 Å². The van der Waals surface area contributed by atoms with E-state index in [0.29, 0.717) is 12.1 Å². The number of nitrogens with zero attached hydrogens (tertiary/aromatic N) is 5. The molecule has 2 N–H and O–H groups in total. The number of carbonyl (C=O) groups excluding carboxylic acids is 1. The molecule has 0 radical (unpaired) electrons. The van der Waals surface area contributed by atoms with Crippen molar-refractivity contribution in [1.82, 2.24) is 30.2 Å². The number of aromatic nitrogens is 2. The van der Waals surface area contributed by atoms with Crippen molar-refractivity contribution in [3.63, 3.8) is 0 Å². The van der Waals surface area contributed by atoms with Crippen molar-refractivity contribution in [2.75, 3.05) is 46.3 Å². The van der Waals surface area contributed by atoms with Gasteiger partial charge in [-0.3, -0.25) is 19.4 Å². The number of halogens is 1. The molecule has 1 fully saturated rings. The molecular weight excluding hydrogens is 481 g/mol. The van der Waals surface area contributed by atoms with Crippen LogP contribution < -0.4 is 10.6 Å². The molecule has 1 aliphatic carbocycles. The summed E-state index contributed by atoms with van der Waals surface area (Å²) in [4.78, 5) is 20.1. The van der Waals surface area contributed by atoms with Gasteiger partial charge in [-0.25, -0.2) is 0 Å². The molecule has 1 aromatic rings. The minimum atomic E-state index is 0. The van der Waals surface area contributed by atoms with E-state index in [2.05, 4.69) is 45.3 Å². The Morgan fingerprint density at radius 1 is 1.31 bits per heavy atom. The van der Waals surface area contributed by atoms with Crippen LogP contribution in [-0.2, 0) is 17.6 Å². The van der Waals surface area contributed by atoms with Crippen molar-refractivity contribution >= 4 is 35.8 Å². The van der Waals surface area contributed by atoms with Gasteiger partial charge in [-0.15, -0.1) is 24.0 Å². The number of piperazine rings is 1. The van der Waals surface area contributed by atoms with Crippen LogP contribution in [-0.4, -0.2) is 83.8 Å². The monoisotopic (exact) mass is 517 g/mol. The first-order chi connectivity index (χ1) is 13.5. The number of rotatable bonds is 5. The number of aliphatic imine (C=N–C) groups is 1. The lowest BCUT2D eigenvalue weighted by molar-refractivity contribution is -0.130. The Morgan fingerprint density at radius 2 is 2.03 bits per heavy atom. The Bertz CT molecular complexity index is 695. The van der Waals surface area contributed by atoms with Crippen molar-refractivity contribution in [2.24, 2.45) is 4.99 Å². The van der Waals surface area contributed by atoms with Gasteiger partial charge in [-0.05, 0) is 32.3 Å². The zero-order valence-corrected chi connectivity index (χ0v) is 20.5. The summed E-state index contributed by atoms with van der Waals surface area (Å²) < 4.78 is 2.08. The standard InChI is InChI=1S/C20H35N7O.HI/c1-15(2)27-14-17-5-6-18(13-19(17)24-27)23-20(21-4)22-7-8-25-9-11-26(12-10-25)16(3)28;/h14-15,18H,5-13H2,1-4H3,(H2,21,22,23);1H. The number of carbonyl (C=O) groups is 1. The van der Waals surface area contributed by atoms with Crippen molar-refractivity contribution in [1.29, 1.82) is 0 Å². The third-order valence-corrected chi connectivity index (χ3v) is 5.73. The number of hydrogen-bond donors (Lipinski definition) is 2. The summed E-state index contributed by atoms with van der Waals surface area (Å²) in [6.07, 6.45) is 5.32. The summed E-state index contributed by atoms with van der Waals surface area (Å²) in [7, 11) is 1.82. The quantitative estimate of drug-likeness (QED) is 0.350. The first-order valence-corrected chi connectivity index (χ1v) is 10.5. The molecule has 2 aliphatic rings. The molecule has 2 heterocycles. The molecule has 1 saturated heterocycles. The summed E-state index contributed by atoms with van der Waals surface area (Å²) >= 11 is 0. The van der Waals surface area contributed by atoms with Gasteiger partial charge in [-0.2, -0.15) is 5.10 Å². The van der Waals surface area contributed by atoms with Crippen molar-refractivity contribution in [3.8, 4) is 0 Å². The fourth-order valence-corrected chi connectivity index (χ4v) is 3.91. The molecule has 0 bridgehead atoms. The van der Waals surface area contributed by atoms with Crippen molar-refractivity contribution in [2.45, 2.75) is 52.1 Å². The number of guanidine groups is 1. The third kappa shape index (κ3) is 6.56. The molecule has 0 spiro atoms. The highest BCUT2D eigenvalue weighted by Crippen LogP contribution is 2.21. The minimum absolute atomic E-state index is 0. The molecule has 29 heavy (non-hydrogen) atoms. The maximum atomic E-state index is 11.4. The lowest BCUT2D eigenvalue weighted by Gasteiger charge is -2.34. The van der Waals surface area contributed by atoms with Crippen LogP contribution in [0.2, 0.25) is 0 Å². The van der Waals surface area contributed by atoms with Crippen molar-refractivity contribution < 1.29 is 4.79 Å². The number of hydrogen-bond acceptors (Lipinski definition) is 4. The van der Waals surface area contributed by atoms with Gasteiger partial charge in [0, 0.05) is 77.9 Å². The summed E-state index contributed by atoms with van der Waals surface area (Å²) in [6, 6.07) is 0.775. The lowest BCUT2D eigenvalue weighted by Crippen LogP contribution is -2.51. The maximum absolute atomic E-state index is 11.4. The minimum Gasteiger partial charge on any atom is -0.355 e. The van der Waals surface area contributed by atoms with E-state index in [4.69, 9.17) is 5.10 Å². The van der Waals surface area contributed by atoms with E-state index < -0.39 is 0 Å². The third-order valence-electron chi connectivity index (χ3n) is 5.73. The van der Waals surface area contributed by atoms with Gasteiger partial charge in [0.15, 0.2) is 5.96 Å². The van der Waals surface area contributed by atoms with Crippen LogP contribution in [0.3, 0.4) is 0 Å². The van der Waals surface area contributed by atoms with Crippen LogP contribution in [0.15, 0.2) is 11.2 Å². The van der Waals surface area contributed by atoms with Gasteiger partial charge in [0.1, 0.15) is 0 Å². The number of amides is 1. The van der Waals surface area contributed by atoms with Crippen LogP contribution in [0, 0.1) is 0 Å². The number of nitrogens with one attached hydrogen (secondary N) is 2. The zero-order chi connectivity index (χ0) is 20.1. The Hall–Kier alpha value is -1.36. The maximum Gasteiger partial charge on any atom is 0.219 e. The van der Waals surface area contributed by atoms with E-state index in [1.165, 1.54) is 11.3 Å². The average Bonchev–Trinajstić information content (AvgIpc) is 3.11. The average molecular weight is 517 g/mol. The second kappa shape index (κ2) is 11.1. The van der Waals surface area contributed by atoms with Gasteiger partial charge >= 0.3 is 0 Å². The van der Waals surface area contributed by atoms with E-state index in [9.17, 15) is 4.79 Å². The summed E-state index contributed by atoms with van der Waals surface area (Å²) in [5.41, 5.74) is 2.61. The second-order valence-electron chi connectivity index (χ2n) is 8.11. The highest BCUT2D eigenvalue weighted by molar-refractivity contribution is 14.0. The van der Waals surface area contributed by atoms with Crippen molar-refractivity contribution in [3.05, 3.63) is 17.5 Å². The van der Waals surface area contributed by atoms with E-state index in [0.717, 1.165) is 64.5 Å². The van der Waals surface area contributed by atoms with E-state index in [1.54, 1.807) is 6.92 Å². The fraction of sp³-hybridized carbons (Fsp3) is 0.750. The molecule has 1 aromatic heterocycles. The summed E-state index contributed by atoms with van der Waals surface area (Å²) in [5, 5.41) is 11.8. The van der Waals surface area contributed by atoms with Gasteiger partial charge in [-0.1, -0.05) is 0 Å². The molecule has 0 saturated carbocycles. The van der Waals surface area contributed by atoms with Gasteiger partial charge in [0.05, 0.1) is 5.69 Å². The topological polar surface area (TPSA) is 77.8 Å². The predicted octanol–water partition coefficient (Wildman–Crippen LogP) is 1.27. The molecule has 1 atom stereocenters. The van der Waals surface area contributed by atoms with E-state index >= 15 is 0 Å². The Kier molecular flexibility index (Phi) is 9.19. The second-order valence-corrected chi connectivity index (χ2v) is 8.11. The highest BCUT2D eigenvalue weighted by Gasteiger charge is 2.23. The lowest BCUT2D eigenvalue weighted by atomic mass is 9.94. The fourth-order valence-electron chi connectivity index (χ4n) is 3.91. The molecule has 8 nitrogen and oxygen atoms in total.